The third-order valence-electron chi connectivity index (χ3n) is 2.92. The van der Waals surface area contributed by atoms with Gasteiger partial charge in [-0.3, -0.25) is 0 Å². The molecule has 3 heteroatoms. The molecule has 0 aromatic heterocycles. The molecule has 0 bridgehead atoms. The number of halogens is 2. The lowest BCUT2D eigenvalue weighted by Crippen LogP contribution is -2.31. The van der Waals surface area contributed by atoms with Gasteiger partial charge in [-0.15, -0.1) is 0 Å². The third kappa shape index (κ3) is 3.87. The molecule has 1 aromatic rings. The summed E-state index contributed by atoms with van der Waals surface area (Å²) >= 11 is 3.26. The molecule has 0 spiro atoms. The molecule has 0 radical (unpaired) electrons. The fraction of sp³-hybridized carbons (Fsp3) is 0.538. The summed E-state index contributed by atoms with van der Waals surface area (Å²) in [6.45, 7) is 4.36. The number of rotatable bonds is 5. The highest BCUT2D eigenvalue weighted by Gasteiger charge is 2.12. The lowest BCUT2D eigenvalue weighted by molar-refractivity contribution is 0.400. The zero-order valence-electron chi connectivity index (χ0n) is 10.1. The second-order valence-corrected chi connectivity index (χ2v) is 5.33. The van der Waals surface area contributed by atoms with Gasteiger partial charge in [-0.25, -0.2) is 4.39 Å². The van der Waals surface area contributed by atoms with Gasteiger partial charge in [0.25, 0.3) is 0 Å². The van der Waals surface area contributed by atoms with Crippen molar-refractivity contribution in [3.05, 3.63) is 34.1 Å². The van der Waals surface area contributed by atoms with Crippen molar-refractivity contribution in [2.75, 3.05) is 7.05 Å². The first-order valence-electron chi connectivity index (χ1n) is 5.65. The van der Waals surface area contributed by atoms with Crippen molar-refractivity contribution in [2.45, 2.75) is 32.7 Å². The second kappa shape index (κ2) is 6.36. The van der Waals surface area contributed by atoms with Gasteiger partial charge in [0.2, 0.25) is 0 Å². The van der Waals surface area contributed by atoms with Crippen molar-refractivity contribution in [3.8, 4) is 0 Å². The summed E-state index contributed by atoms with van der Waals surface area (Å²) in [5.41, 5.74) is 0.795. The van der Waals surface area contributed by atoms with E-state index in [0.29, 0.717) is 12.0 Å². The maximum absolute atomic E-state index is 13.6. The molecule has 0 heterocycles. The van der Waals surface area contributed by atoms with E-state index in [2.05, 4.69) is 35.1 Å². The van der Waals surface area contributed by atoms with Crippen LogP contribution in [0.2, 0.25) is 0 Å². The number of nitrogens with one attached hydrogen (secondary N) is 1. The van der Waals surface area contributed by atoms with Crippen molar-refractivity contribution in [1.82, 2.24) is 5.32 Å². The predicted octanol–water partition coefficient (Wildman–Crippen LogP) is 3.76. The summed E-state index contributed by atoms with van der Waals surface area (Å²) in [5, 5.41) is 3.27. The molecule has 0 fully saturated rings. The van der Waals surface area contributed by atoms with Gasteiger partial charge in [-0.1, -0.05) is 35.8 Å². The summed E-state index contributed by atoms with van der Waals surface area (Å²) < 4.78 is 14.3. The minimum atomic E-state index is -0.118. The molecule has 1 aromatic carbocycles. The highest BCUT2D eigenvalue weighted by molar-refractivity contribution is 9.10. The van der Waals surface area contributed by atoms with Gasteiger partial charge >= 0.3 is 0 Å². The fourth-order valence-electron chi connectivity index (χ4n) is 1.85. The minimum Gasteiger partial charge on any atom is -0.317 e. The first-order valence-corrected chi connectivity index (χ1v) is 6.45. The van der Waals surface area contributed by atoms with Crippen molar-refractivity contribution in [1.29, 1.82) is 0 Å². The van der Waals surface area contributed by atoms with Crippen molar-refractivity contribution < 1.29 is 4.39 Å². The quantitative estimate of drug-likeness (QED) is 0.869. The smallest absolute Gasteiger partial charge is 0.127 e. The molecular formula is C13H19BrFN. The van der Waals surface area contributed by atoms with E-state index >= 15 is 0 Å². The summed E-state index contributed by atoms with van der Waals surface area (Å²) in [6.07, 6.45) is 1.75. The molecule has 0 saturated carbocycles. The van der Waals surface area contributed by atoms with E-state index in [1.807, 2.05) is 19.2 Å². The van der Waals surface area contributed by atoms with Crippen LogP contribution in [-0.2, 0) is 6.42 Å². The molecule has 1 atom stereocenters. The number of hydrogen-bond donors (Lipinski definition) is 1. The predicted molar refractivity (Wildman–Crippen MR) is 70.1 cm³/mol. The Morgan fingerprint density at radius 1 is 1.38 bits per heavy atom. The SMILES string of the molecule is CNC(CCc1ccc(Br)cc1F)C(C)C. The third-order valence-corrected chi connectivity index (χ3v) is 3.41. The number of benzene rings is 1. The standard InChI is InChI=1S/C13H19BrFN/c1-9(2)13(16-3)7-5-10-4-6-11(14)8-12(10)15/h4,6,8-9,13,16H,5,7H2,1-3H3. The van der Waals surface area contributed by atoms with E-state index in [4.69, 9.17) is 0 Å². The molecule has 1 nitrogen and oxygen atoms in total. The molecule has 90 valence electrons. The molecule has 1 N–H and O–H groups in total. The van der Waals surface area contributed by atoms with Crippen molar-refractivity contribution in [3.63, 3.8) is 0 Å². The van der Waals surface area contributed by atoms with E-state index < -0.39 is 0 Å². The van der Waals surface area contributed by atoms with E-state index in [1.54, 1.807) is 0 Å². The minimum absolute atomic E-state index is 0.118. The lowest BCUT2D eigenvalue weighted by Gasteiger charge is -2.20. The summed E-state index contributed by atoms with van der Waals surface area (Å²) in [6, 6.07) is 5.72. The molecule has 0 aliphatic heterocycles. The molecule has 0 aliphatic carbocycles. The zero-order valence-corrected chi connectivity index (χ0v) is 11.6. The number of hydrogen-bond acceptors (Lipinski definition) is 1. The van der Waals surface area contributed by atoms with Crippen LogP contribution in [0.15, 0.2) is 22.7 Å². The van der Waals surface area contributed by atoms with Crippen molar-refractivity contribution >= 4 is 15.9 Å². The van der Waals surface area contributed by atoms with Gasteiger partial charge in [0.15, 0.2) is 0 Å². The Bertz CT molecular complexity index is 339. The average Bonchev–Trinajstić information content (AvgIpc) is 2.21. The molecule has 0 saturated heterocycles. The van der Waals surface area contributed by atoms with E-state index in [0.717, 1.165) is 22.9 Å². The fourth-order valence-corrected chi connectivity index (χ4v) is 2.18. The molecular weight excluding hydrogens is 269 g/mol. The Morgan fingerprint density at radius 2 is 2.06 bits per heavy atom. The molecule has 0 aliphatic rings. The van der Waals surface area contributed by atoms with Crippen LogP contribution in [0.4, 0.5) is 4.39 Å². The van der Waals surface area contributed by atoms with E-state index in [1.165, 1.54) is 6.07 Å². The van der Waals surface area contributed by atoms with E-state index in [9.17, 15) is 4.39 Å². The summed E-state index contributed by atoms with van der Waals surface area (Å²) in [5.74, 6) is 0.455. The average molecular weight is 288 g/mol. The van der Waals surface area contributed by atoms with Crippen LogP contribution in [0, 0.1) is 11.7 Å². The van der Waals surface area contributed by atoms with Crippen LogP contribution in [0.25, 0.3) is 0 Å². The number of aryl methyl sites for hydroxylation is 1. The van der Waals surface area contributed by atoms with Crippen molar-refractivity contribution in [2.24, 2.45) is 5.92 Å². The van der Waals surface area contributed by atoms with Gasteiger partial charge in [0, 0.05) is 10.5 Å². The molecule has 0 amide bonds. The summed E-state index contributed by atoms with van der Waals surface area (Å²) in [7, 11) is 1.96. The Kier molecular flexibility index (Phi) is 5.42. The first-order chi connectivity index (χ1) is 7.54. The Hall–Kier alpha value is -0.410. The van der Waals surface area contributed by atoms with Crippen LogP contribution in [0.1, 0.15) is 25.8 Å². The van der Waals surface area contributed by atoms with Gasteiger partial charge in [0.05, 0.1) is 0 Å². The van der Waals surface area contributed by atoms with E-state index in [-0.39, 0.29) is 5.82 Å². The van der Waals surface area contributed by atoms with Crippen LogP contribution >= 0.6 is 15.9 Å². The summed E-state index contributed by atoms with van der Waals surface area (Å²) in [4.78, 5) is 0. The highest BCUT2D eigenvalue weighted by Crippen LogP contribution is 2.18. The Balaban J connectivity index is 2.60. The normalized spacial score (nSPS) is 13.1. The largest absolute Gasteiger partial charge is 0.317 e. The zero-order chi connectivity index (χ0) is 12.1. The topological polar surface area (TPSA) is 12.0 Å². The van der Waals surface area contributed by atoms with Crippen LogP contribution in [-0.4, -0.2) is 13.1 Å². The van der Waals surface area contributed by atoms with Gasteiger partial charge < -0.3 is 5.32 Å². The highest BCUT2D eigenvalue weighted by atomic mass is 79.9. The van der Waals surface area contributed by atoms with Crippen LogP contribution < -0.4 is 5.32 Å². The van der Waals surface area contributed by atoms with Crippen LogP contribution in [0.5, 0.6) is 0 Å². The lowest BCUT2D eigenvalue weighted by atomic mass is 9.97. The van der Waals surface area contributed by atoms with Gasteiger partial charge in [-0.05, 0) is 43.5 Å². The van der Waals surface area contributed by atoms with Gasteiger partial charge in [0.1, 0.15) is 5.82 Å². The maximum Gasteiger partial charge on any atom is 0.127 e. The molecule has 1 unspecified atom stereocenters. The van der Waals surface area contributed by atoms with Crippen LogP contribution in [0.3, 0.4) is 0 Å². The molecule has 16 heavy (non-hydrogen) atoms. The second-order valence-electron chi connectivity index (χ2n) is 4.41. The Labute approximate surface area is 106 Å². The monoisotopic (exact) mass is 287 g/mol. The Morgan fingerprint density at radius 3 is 2.56 bits per heavy atom. The maximum atomic E-state index is 13.6. The van der Waals surface area contributed by atoms with Gasteiger partial charge in [-0.2, -0.15) is 0 Å². The first kappa shape index (κ1) is 13.7. The molecule has 1 rings (SSSR count).